The van der Waals surface area contributed by atoms with E-state index in [4.69, 9.17) is 11.6 Å². The molecule has 1 N–H and O–H groups in total. The summed E-state index contributed by atoms with van der Waals surface area (Å²) in [7, 11) is 1.61. The smallest absolute Gasteiger partial charge is 0.313 e. The molecule has 2 unspecified atom stereocenters. The molecule has 0 radical (unpaired) electrons. The Balaban J connectivity index is 2.24. The fourth-order valence-corrected chi connectivity index (χ4v) is 3.29. The lowest BCUT2D eigenvalue weighted by molar-refractivity contribution is -0.140. The summed E-state index contributed by atoms with van der Waals surface area (Å²) in [5.41, 5.74) is 1.60. The summed E-state index contributed by atoms with van der Waals surface area (Å²) in [6, 6.07) is 13.2. The van der Waals surface area contributed by atoms with Crippen molar-refractivity contribution < 1.29 is 14.7 Å². The monoisotopic (exact) mass is 315 g/mol. The number of likely N-dealkylation sites (N-methyl/N-ethyl adjacent to an activating group) is 1. The second-order valence-electron chi connectivity index (χ2n) is 5.29. The molecule has 0 saturated heterocycles. The number of carbonyl (C=O) groups is 2. The zero-order valence-electron chi connectivity index (χ0n) is 11.9. The van der Waals surface area contributed by atoms with E-state index in [0.29, 0.717) is 21.7 Å². The van der Waals surface area contributed by atoms with E-state index < -0.39 is 17.9 Å². The van der Waals surface area contributed by atoms with Crippen LogP contribution in [0.4, 0.5) is 0 Å². The van der Waals surface area contributed by atoms with Gasteiger partial charge in [-0.05, 0) is 23.3 Å². The number of aliphatic carboxylic acids is 1. The average Bonchev–Trinajstić information content (AvgIpc) is 2.51. The summed E-state index contributed by atoms with van der Waals surface area (Å²) in [4.78, 5) is 25.9. The topological polar surface area (TPSA) is 57.6 Å². The number of hydrogen-bond donors (Lipinski definition) is 1. The molecule has 5 heteroatoms. The maximum atomic E-state index is 12.6. The molecule has 22 heavy (non-hydrogen) atoms. The molecule has 0 bridgehead atoms. The van der Waals surface area contributed by atoms with Crippen LogP contribution in [0.3, 0.4) is 0 Å². The molecule has 2 atom stereocenters. The first kappa shape index (κ1) is 14.6. The zero-order chi connectivity index (χ0) is 15.9. The molecule has 3 rings (SSSR count). The van der Waals surface area contributed by atoms with Crippen LogP contribution < -0.4 is 0 Å². The van der Waals surface area contributed by atoms with E-state index in [1.807, 2.05) is 0 Å². The Morgan fingerprint density at radius 3 is 2.32 bits per heavy atom. The first-order valence-corrected chi connectivity index (χ1v) is 7.23. The van der Waals surface area contributed by atoms with Gasteiger partial charge in [-0.1, -0.05) is 48.0 Å². The largest absolute Gasteiger partial charge is 0.481 e. The predicted molar refractivity (Wildman–Crippen MR) is 83.1 cm³/mol. The molecule has 4 nitrogen and oxygen atoms in total. The summed E-state index contributed by atoms with van der Waals surface area (Å²) in [5.74, 6) is -2.02. The van der Waals surface area contributed by atoms with Crippen LogP contribution >= 0.6 is 11.6 Å². The number of benzene rings is 2. The summed E-state index contributed by atoms with van der Waals surface area (Å²) in [6.07, 6.45) is 0. The normalized spacial score (nSPS) is 20.6. The molecule has 0 saturated carbocycles. The van der Waals surface area contributed by atoms with Crippen LogP contribution in [0, 0.1) is 0 Å². The van der Waals surface area contributed by atoms with Crippen LogP contribution in [0.1, 0.15) is 33.4 Å². The Morgan fingerprint density at radius 1 is 1.09 bits per heavy atom. The van der Waals surface area contributed by atoms with E-state index >= 15 is 0 Å². The molecule has 1 aliphatic rings. The number of hydrogen-bond acceptors (Lipinski definition) is 2. The SMILES string of the molecule is CN1C(=O)c2ccccc2C(C(=O)O)C1c1ccccc1Cl. The third-order valence-electron chi connectivity index (χ3n) is 4.07. The van der Waals surface area contributed by atoms with Gasteiger partial charge in [0.15, 0.2) is 0 Å². The van der Waals surface area contributed by atoms with Crippen LogP contribution in [0.25, 0.3) is 0 Å². The molecule has 1 heterocycles. The van der Waals surface area contributed by atoms with Crippen molar-refractivity contribution in [1.82, 2.24) is 4.90 Å². The van der Waals surface area contributed by atoms with Crippen LogP contribution in [-0.4, -0.2) is 28.9 Å². The molecule has 112 valence electrons. The standard InChI is InChI=1S/C17H14ClNO3/c1-19-15(12-8-4-5-9-13(12)18)14(17(21)22)10-6-2-3-7-11(10)16(19)20/h2-9,14-15H,1H3,(H,21,22). The Hall–Kier alpha value is -2.33. The van der Waals surface area contributed by atoms with Crippen molar-refractivity contribution in [3.8, 4) is 0 Å². The van der Waals surface area contributed by atoms with Crippen molar-refractivity contribution in [3.05, 3.63) is 70.2 Å². The second kappa shape index (κ2) is 5.46. The average molecular weight is 316 g/mol. The van der Waals surface area contributed by atoms with Gasteiger partial charge in [-0.15, -0.1) is 0 Å². The molecular formula is C17H14ClNO3. The van der Waals surface area contributed by atoms with E-state index in [2.05, 4.69) is 0 Å². The number of halogens is 1. The molecule has 0 spiro atoms. The second-order valence-corrected chi connectivity index (χ2v) is 5.69. The molecule has 1 aliphatic heterocycles. The van der Waals surface area contributed by atoms with Crippen molar-refractivity contribution >= 4 is 23.5 Å². The Kier molecular flexibility index (Phi) is 3.62. The molecule has 2 aromatic rings. The number of carboxylic acids is 1. The Bertz CT molecular complexity index is 759. The number of amides is 1. The molecule has 2 aromatic carbocycles. The minimum atomic E-state index is -0.975. The first-order valence-electron chi connectivity index (χ1n) is 6.85. The van der Waals surface area contributed by atoms with Gasteiger partial charge in [0.1, 0.15) is 5.92 Å². The van der Waals surface area contributed by atoms with Gasteiger partial charge in [0.05, 0.1) is 6.04 Å². The fourth-order valence-electron chi connectivity index (χ4n) is 3.04. The van der Waals surface area contributed by atoms with E-state index in [0.717, 1.165) is 0 Å². The molecular weight excluding hydrogens is 302 g/mol. The zero-order valence-corrected chi connectivity index (χ0v) is 12.6. The molecule has 0 aromatic heterocycles. The Morgan fingerprint density at radius 2 is 1.68 bits per heavy atom. The third kappa shape index (κ3) is 2.16. The van der Waals surface area contributed by atoms with Gasteiger partial charge in [-0.25, -0.2) is 0 Å². The van der Waals surface area contributed by atoms with Crippen LogP contribution in [-0.2, 0) is 4.79 Å². The highest BCUT2D eigenvalue weighted by Crippen LogP contribution is 2.43. The van der Waals surface area contributed by atoms with Crippen molar-refractivity contribution in [2.45, 2.75) is 12.0 Å². The van der Waals surface area contributed by atoms with E-state index in [1.54, 1.807) is 55.6 Å². The predicted octanol–water partition coefficient (Wildman–Crippen LogP) is 3.34. The van der Waals surface area contributed by atoms with Crippen molar-refractivity contribution in [3.63, 3.8) is 0 Å². The van der Waals surface area contributed by atoms with Crippen molar-refractivity contribution in [2.75, 3.05) is 7.05 Å². The molecule has 1 amide bonds. The first-order chi connectivity index (χ1) is 10.5. The number of carbonyl (C=O) groups excluding carboxylic acids is 1. The van der Waals surface area contributed by atoms with Gasteiger partial charge in [-0.2, -0.15) is 0 Å². The Labute approximate surface area is 132 Å². The van der Waals surface area contributed by atoms with E-state index in [9.17, 15) is 14.7 Å². The lowest BCUT2D eigenvalue weighted by Gasteiger charge is -2.38. The quantitative estimate of drug-likeness (QED) is 0.924. The maximum absolute atomic E-state index is 12.6. The van der Waals surface area contributed by atoms with Gasteiger partial charge in [0, 0.05) is 17.6 Å². The van der Waals surface area contributed by atoms with Crippen molar-refractivity contribution in [2.24, 2.45) is 0 Å². The summed E-state index contributed by atoms with van der Waals surface area (Å²) < 4.78 is 0. The van der Waals surface area contributed by atoms with Gasteiger partial charge >= 0.3 is 5.97 Å². The number of fused-ring (bicyclic) bond motifs is 1. The highest BCUT2D eigenvalue weighted by atomic mass is 35.5. The molecule has 0 fully saturated rings. The summed E-state index contributed by atoms with van der Waals surface area (Å²) in [5, 5.41) is 10.2. The minimum absolute atomic E-state index is 0.196. The van der Waals surface area contributed by atoms with Gasteiger partial charge in [-0.3, -0.25) is 9.59 Å². The van der Waals surface area contributed by atoms with Crippen LogP contribution in [0.15, 0.2) is 48.5 Å². The maximum Gasteiger partial charge on any atom is 0.313 e. The highest BCUT2D eigenvalue weighted by molar-refractivity contribution is 6.31. The lowest BCUT2D eigenvalue weighted by Crippen LogP contribution is -2.42. The van der Waals surface area contributed by atoms with E-state index in [-0.39, 0.29) is 5.91 Å². The van der Waals surface area contributed by atoms with Crippen LogP contribution in [0.5, 0.6) is 0 Å². The number of nitrogens with zero attached hydrogens (tertiary/aromatic N) is 1. The molecule has 0 aliphatic carbocycles. The third-order valence-corrected chi connectivity index (χ3v) is 4.41. The van der Waals surface area contributed by atoms with Gasteiger partial charge in [0.25, 0.3) is 5.91 Å². The summed E-state index contributed by atoms with van der Waals surface area (Å²) in [6.45, 7) is 0. The van der Waals surface area contributed by atoms with Crippen molar-refractivity contribution in [1.29, 1.82) is 0 Å². The number of rotatable bonds is 2. The minimum Gasteiger partial charge on any atom is -0.481 e. The summed E-state index contributed by atoms with van der Waals surface area (Å²) >= 11 is 6.24. The lowest BCUT2D eigenvalue weighted by atomic mass is 9.80. The van der Waals surface area contributed by atoms with E-state index in [1.165, 1.54) is 4.90 Å². The fraction of sp³-hybridized carbons (Fsp3) is 0.176. The number of carboxylic acid groups (broad SMARTS) is 1. The highest BCUT2D eigenvalue weighted by Gasteiger charge is 2.43. The van der Waals surface area contributed by atoms with Gasteiger partial charge < -0.3 is 10.0 Å². The van der Waals surface area contributed by atoms with Gasteiger partial charge in [0.2, 0.25) is 0 Å². The van der Waals surface area contributed by atoms with Crippen LogP contribution in [0.2, 0.25) is 5.02 Å².